The lowest BCUT2D eigenvalue weighted by molar-refractivity contribution is -0.185. The van der Waals surface area contributed by atoms with Crippen molar-refractivity contribution < 1.29 is 48.2 Å². The highest BCUT2D eigenvalue weighted by molar-refractivity contribution is 5.85. The molecule has 0 saturated carbocycles. The average molecular weight is 478 g/mol. The number of rotatable bonds is 13. The van der Waals surface area contributed by atoms with E-state index in [0.29, 0.717) is 11.1 Å². The van der Waals surface area contributed by atoms with Gasteiger partial charge in [-0.2, -0.15) is 0 Å². The molecule has 0 fully saturated rings. The highest BCUT2D eigenvalue weighted by Gasteiger charge is 2.38. The van der Waals surface area contributed by atoms with Gasteiger partial charge in [-0.1, -0.05) is 12.1 Å². The Kier molecular flexibility index (Phi) is 10.4. The van der Waals surface area contributed by atoms with Crippen LogP contribution in [-0.2, 0) is 41.8 Å². The molecule has 2 N–H and O–H groups in total. The fourth-order valence-corrected chi connectivity index (χ4v) is 3.03. The highest BCUT2D eigenvalue weighted by Crippen LogP contribution is 2.28. The zero-order chi connectivity index (χ0) is 25.1. The smallest absolute Gasteiger partial charge is 0.338 e. The summed E-state index contributed by atoms with van der Waals surface area (Å²) in [5, 5.41) is 20.0. The van der Waals surface area contributed by atoms with Gasteiger partial charge in [-0.15, -0.1) is 0 Å². The SMILES string of the molecule is CCOC(=O)[C@@H](OCc1ccc(OC)c(O)c1)[C@H](OCc1ccc(OC)c(O)c1)C(=O)OCC. The van der Waals surface area contributed by atoms with Crippen molar-refractivity contribution in [3.8, 4) is 23.0 Å². The predicted molar refractivity (Wildman–Crippen MR) is 120 cm³/mol. The van der Waals surface area contributed by atoms with E-state index in [-0.39, 0.29) is 49.4 Å². The van der Waals surface area contributed by atoms with Crippen LogP contribution >= 0.6 is 0 Å². The third-order valence-electron chi connectivity index (χ3n) is 4.66. The number of ether oxygens (including phenoxy) is 6. The summed E-state index contributed by atoms with van der Waals surface area (Å²) in [6.45, 7) is 3.09. The highest BCUT2D eigenvalue weighted by atomic mass is 16.6. The van der Waals surface area contributed by atoms with E-state index in [1.807, 2.05) is 0 Å². The Morgan fingerprint density at radius 2 is 1.12 bits per heavy atom. The minimum Gasteiger partial charge on any atom is -0.504 e. The fraction of sp³-hybridized carbons (Fsp3) is 0.417. The first-order valence-electron chi connectivity index (χ1n) is 10.6. The van der Waals surface area contributed by atoms with Gasteiger partial charge in [0.2, 0.25) is 0 Å². The van der Waals surface area contributed by atoms with Gasteiger partial charge in [-0.3, -0.25) is 0 Å². The number of aromatic hydroxyl groups is 2. The second kappa shape index (κ2) is 13.3. The van der Waals surface area contributed by atoms with Crippen molar-refractivity contribution in [2.24, 2.45) is 0 Å². The number of phenolic OH excluding ortho intramolecular Hbond substituents is 2. The van der Waals surface area contributed by atoms with Crippen LogP contribution in [0.4, 0.5) is 0 Å². The van der Waals surface area contributed by atoms with E-state index in [4.69, 9.17) is 28.4 Å². The zero-order valence-electron chi connectivity index (χ0n) is 19.6. The molecule has 0 bridgehead atoms. The molecule has 2 aromatic rings. The minimum absolute atomic E-state index is 0.0594. The van der Waals surface area contributed by atoms with Crippen molar-refractivity contribution in [2.45, 2.75) is 39.3 Å². The molecule has 186 valence electrons. The predicted octanol–water partition coefficient (Wildman–Crippen LogP) is 2.71. The molecule has 34 heavy (non-hydrogen) atoms. The summed E-state index contributed by atoms with van der Waals surface area (Å²) in [5.74, 6) is -1.27. The van der Waals surface area contributed by atoms with Crippen molar-refractivity contribution in [1.82, 2.24) is 0 Å². The summed E-state index contributed by atoms with van der Waals surface area (Å²) >= 11 is 0. The Morgan fingerprint density at radius 3 is 1.41 bits per heavy atom. The minimum atomic E-state index is -1.45. The van der Waals surface area contributed by atoms with Gasteiger partial charge < -0.3 is 38.6 Å². The molecule has 2 aromatic carbocycles. The van der Waals surface area contributed by atoms with Gasteiger partial charge in [0.1, 0.15) is 0 Å². The van der Waals surface area contributed by atoms with Crippen molar-refractivity contribution in [3.05, 3.63) is 47.5 Å². The molecule has 0 amide bonds. The maximum absolute atomic E-state index is 12.7. The Balaban J connectivity index is 2.24. The van der Waals surface area contributed by atoms with Crippen LogP contribution in [0.2, 0.25) is 0 Å². The topological polar surface area (TPSA) is 130 Å². The van der Waals surface area contributed by atoms with Gasteiger partial charge >= 0.3 is 11.9 Å². The third-order valence-corrected chi connectivity index (χ3v) is 4.66. The molecular weight excluding hydrogens is 448 g/mol. The van der Waals surface area contributed by atoms with Crippen molar-refractivity contribution in [3.63, 3.8) is 0 Å². The van der Waals surface area contributed by atoms with Gasteiger partial charge in [0, 0.05) is 0 Å². The van der Waals surface area contributed by atoms with Crippen molar-refractivity contribution in [1.29, 1.82) is 0 Å². The Hall–Kier alpha value is -3.50. The maximum atomic E-state index is 12.7. The quantitative estimate of drug-likeness (QED) is 0.414. The van der Waals surface area contributed by atoms with Gasteiger partial charge in [-0.05, 0) is 49.2 Å². The van der Waals surface area contributed by atoms with Crippen LogP contribution in [0.1, 0.15) is 25.0 Å². The zero-order valence-corrected chi connectivity index (χ0v) is 19.6. The number of methoxy groups -OCH3 is 2. The number of benzene rings is 2. The van der Waals surface area contributed by atoms with Gasteiger partial charge in [0.25, 0.3) is 0 Å². The Morgan fingerprint density at radius 1 is 0.735 bits per heavy atom. The van der Waals surface area contributed by atoms with E-state index < -0.39 is 24.1 Å². The normalized spacial score (nSPS) is 12.5. The molecule has 0 aliphatic carbocycles. The van der Waals surface area contributed by atoms with E-state index in [1.54, 1.807) is 38.1 Å². The van der Waals surface area contributed by atoms with Crippen LogP contribution in [0.15, 0.2) is 36.4 Å². The largest absolute Gasteiger partial charge is 0.504 e. The monoisotopic (exact) mass is 478 g/mol. The number of hydrogen-bond acceptors (Lipinski definition) is 10. The molecular formula is C24H30O10. The van der Waals surface area contributed by atoms with Crippen LogP contribution in [0, 0.1) is 0 Å². The lowest BCUT2D eigenvalue weighted by Crippen LogP contribution is -2.45. The molecule has 10 heteroatoms. The van der Waals surface area contributed by atoms with Crippen LogP contribution in [-0.4, -0.2) is 61.8 Å². The second-order valence-corrected chi connectivity index (χ2v) is 6.98. The van der Waals surface area contributed by atoms with Crippen LogP contribution < -0.4 is 9.47 Å². The van der Waals surface area contributed by atoms with Crippen LogP contribution in [0.25, 0.3) is 0 Å². The van der Waals surface area contributed by atoms with Gasteiger partial charge in [0.05, 0.1) is 40.6 Å². The molecule has 2 atom stereocenters. The summed E-state index contributed by atoms with van der Waals surface area (Å²) in [6.07, 6.45) is -2.90. The van der Waals surface area contributed by atoms with Crippen molar-refractivity contribution in [2.75, 3.05) is 27.4 Å². The van der Waals surface area contributed by atoms with E-state index in [0.717, 1.165) is 0 Å². The van der Waals surface area contributed by atoms with E-state index in [1.165, 1.54) is 26.4 Å². The first kappa shape index (κ1) is 26.7. The van der Waals surface area contributed by atoms with Crippen molar-refractivity contribution >= 4 is 11.9 Å². The number of carbonyl (C=O) groups excluding carboxylic acids is 2. The summed E-state index contributed by atoms with van der Waals surface area (Å²) in [5.41, 5.74) is 1.05. The number of esters is 2. The summed E-state index contributed by atoms with van der Waals surface area (Å²) in [7, 11) is 2.84. The number of phenols is 2. The molecule has 0 unspecified atom stereocenters. The molecule has 0 spiro atoms. The maximum Gasteiger partial charge on any atom is 0.338 e. The first-order valence-corrected chi connectivity index (χ1v) is 10.6. The second-order valence-electron chi connectivity index (χ2n) is 6.98. The average Bonchev–Trinajstić information content (AvgIpc) is 2.81. The molecule has 2 rings (SSSR count). The first-order chi connectivity index (χ1) is 16.3. The van der Waals surface area contributed by atoms with Gasteiger partial charge in [-0.25, -0.2) is 9.59 Å². The standard InChI is InChI=1S/C24H30O10/c1-5-31-23(27)21(33-13-15-7-9-19(29-3)17(25)11-15)22(24(28)32-6-2)34-14-16-8-10-20(30-4)18(26)12-16/h7-12,21-22,25-26H,5-6,13-14H2,1-4H3/t21-,22-/m0/s1. The molecule has 0 aliphatic heterocycles. The fourth-order valence-electron chi connectivity index (χ4n) is 3.03. The molecule has 10 nitrogen and oxygen atoms in total. The number of carbonyl (C=O) groups is 2. The molecule has 0 aromatic heterocycles. The van der Waals surface area contributed by atoms with E-state index in [2.05, 4.69) is 0 Å². The van der Waals surface area contributed by atoms with Crippen LogP contribution in [0.5, 0.6) is 23.0 Å². The van der Waals surface area contributed by atoms with Crippen LogP contribution in [0.3, 0.4) is 0 Å². The third kappa shape index (κ3) is 7.26. The lowest BCUT2D eigenvalue weighted by Gasteiger charge is -2.25. The van der Waals surface area contributed by atoms with E-state index >= 15 is 0 Å². The number of hydrogen-bond donors (Lipinski definition) is 2. The van der Waals surface area contributed by atoms with Gasteiger partial charge in [0.15, 0.2) is 35.2 Å². The summed E-state index contributed by atoms with van der Waals surface area (Å²) in [6, 6.07) is 9.21. The molecule has 0 saturated heterocycles. The summed E-state index contributed by atoms with van der Waals surface area (Å²) in [4.78, 5) is 25.3. The van der Waals surface area contributed by atoms with E-state index in [9.17, 15) is 19.8 Å². The Bertz CT molecular complexity index is 881. The Labute approximate surface area is 197 Å². The molecule has 0 radical (unpaired) electrons. The molecule has 0 aliphatic rings. The lowest BCUT2D eigenvalue weighted by atomic mass is 10.1. The summed E-state index contributed by atoms with van der Waals surface area (Å²) < 4.78 is 31.7. The molecule has 0 heterocycles.